The highest BCUT2D eigenvalue weighted by atomic mass is 16.5. The minimum absolute atomic E-state index is 0.132. The molecule has 1 amide bonds. The lowest BCUT2D eigenvalue weighted by molar-refractivity contribution is -0.143. The molecule has 90 valence electrons. The van der Waals surface area contributed by atoms with Crippen molar-refractivity contribution in [1.29, 1.82) is 0 Å². The van der Waals surface area contributed by atoms with Crippen molar-refractivity contribution in [2.24, 2.45) is 0 Å². The van der Waals surface area contributed by atoms with Crippen molar-refractivity contribution in [1.82, 2.24) is 0 Å². The summed E-state index contributed by atoms with van der Waals surface area (Å²) in [4.78, 5) is 24.9. The van der Waals surface area contributed by atoms with Gasteiger partial charge < -0.3 is 4.74 Å². The van der Waals surface area contributed by atoms with Gasteiger partial charge in [-0.15, -0.1) is 0 Å². The van der Waals surface area contributed by atoms with E-state index in [-0.39, 0.29) is 11.9 Å². The summed E-state index contributed by atoms with van der Waals surface area (Å²) < 4.78 is 4.75. The molecule has 0 bridgehead atoms. The van der Waals surface area contributed by atoms with Crippen LogP contribution in [0.2, 0.25) is 0 Å². The average Bonchev–Trinajstić information content (AvgIpc) is 2.36. The maximum absolute atomic E-state index is 11.7. The van der Waals surface area contributed by atoms with Gasteiger partial charge in [0.05, 0.1) is 7.11 Å². The van der Waals surface area contributed by atoms with Crippen LogP contribution in [0.25, 0.3) is 0 Å². The fraction of sp³-hybridized carbons (Fsp3) is 0.385. The van der Waals surface area contributed by atoms with Crippen molar-refractivity contribution < 1.29 is 14.3 Å². The number of nitrogens with zero attached hydrogens (tertiary/aromatic N) is 1. The number of amides is 1. The van der Waals surface area contributed by atoms with E-state index in [1.807, 2.05) is 24.3 Å². The molecule has 1 heterocycles. The first kappa shape index (κ1) is 11.6. The summed E-state index contributed by atoms with van der Waals surface area (Å²) >= 11 is 0. The number of ether oxygens (including phenoxy) is 1. The summed E-state index contributed by atoms with van der Waals surface area (Å²) in [6.07, 6.45) is 1.41. The lowest BCUT2D eigenvalue weighted by atomic mass is 9.95. The molecule has 1 aromatic rings. The maximum Gasteiger partial charge on any atom is 0.328 e. The molecule has 17 heavy (non-hydrogen) atoms. The number of hydrogen-bond donors (Lipinski definition) is 0. The highest BCUT2D eigenvalue weighted by molar-refractivity contribution is 5.99. The number of carbonyl (C=O) groups is 2. The molecule has 4 nitrogen and oxygen atoms in total. The molecule has 0 saturated heterocycles. The number of anilines is 1. The third-order valence-corrected chi connectivity index (χ3v) is 3.06. The Morgan fingerprint density at radius 3 is 2.71 bits per heavy atom. The van der Waals surface area contributed by atoms with E-state index in [1.165, 1.54) is 18.9 Å². The van der Waals surface area contributed by atoms with Gasteiger partial charge in [0.2, 0.25) is 5.91 Å². The van der Waals surface area contributed by atoms with E-state index in [2.05, 4.69) is 0 Å². The molecular formula is C13H15NO3. The molecule has 1 aliphatic rings. The molecule has 1 aliphatic heterocycles. The van der Waals surface area contributed by atoms with Crippen LogP contribution in [0.15, 0.2) is 24.3 Å². The Balaban J connectivity index is 2.43. The summed E-state index contributed by atoms with van der Waals surface area (Å²) in [6, 6.07) is 7.17. The van der Waals surface area contributed by atoms with Gasteiger partial charge in [0.25, 0.3) is 0 Å². The first-order chi connectivity index (χ1) is 8.15. The Bertz CT molecular complexity index is 456. The van der Waals surface area contributed by atoms with Crippen LogP contribution < -0.4 is 4.90 Å². The van der Waals surface area contributed by atoms with Gasteiger partial charge in [0.15, 0.2) is 0 Å². The Kier molecular flexibility index (Phi) is 3.13. The molecule has 4 heteroatoms. The predicted octanol–water partition coefficient (Wildman–Crippen LogP) is 1.53. The molecule has 0 fully saturated rings. The van der Waals surface area contributed by atoms with E-state index in [9.17, 15) is 9.59 Å². The van der Waals surface area contributed by atoms with Crippen LogP contribution in [0.3, 0.4) is 0 Å². The van der Waals surface area contributed by atoms with E-state index >= 15 is 0 Å². The Morgan fingerprint density at radius 2 is 2.06 bits per heavy atom. The lowest BCUT2D eigenvalue weighted by Crippen LogP contribution is -2.47. The normalized spacial score (nSPS) is 18.5. The van der Waals surface area contributed by atoms with E-state index in [0.29, 0.717) is 6.42 Å². The molecule has 1 aromatic carbocycles. The number of carbonyl (C=O) groups excluding carboxylic acids is 2. The smallest absolute Gasteiger partial charge is 0.328 e. The van der Waals surface area contributed by atoms with Crippen molar-refractivity contribution in [3.63, 3.8) is 0 Å². The van der Waals surface area contributed by atoms with Crippen molar-refractivity contribution in [3.05, 3.63) is 29.8 Å². The number of fused-ring (bicyclic) bond motifs is 1. The number of hydrogen-bond acceptors (Lipinski definition) is 3. The van der Waals surface area contributed by atoms with Gasteiger partial charge in [0.1, 0.15) is 6.04 Å². The fourth-order valence-electron chi connectivity index (χ4n) is 2.29. The zero-order chi connectivity index (χ0) is 12.4. The third kappa shape index (κ3) is 2.02. The van der Waals surface area contributed by atoms with E-state index in [4.69, 9.17) is 4.74 Å². The minimum Gasteiger partial charge on any atom is -0.467 e. The summed E-state index contributed by atoms with van der Waals surface area (Å²) in [5.74, 6) is -0.484. The molecule has 0 radical (unpaired) electrons. The molecule has 0 N–H and O–H groups in total. The molecule has 1 unspecified atom stereocenters. The molecule has 1 atom stereocenters. The van der Waals surface area contributed by atoms with Crippen LogP contribution in [0.5, 0.6) is 0 Å². The molecule has 0 saturated carbocycles. The Hall–Kier alpha value is -1.84. The van der Waals surface area contributed by atoms with Crippen molar-refractivity contribution in [2.45, 2.75) is 25.8 Å². The summed E-state index contributed by atoms with van der Waals surface area (Å²) in [6.45, 7) is 1.47. The van der Waals surface area contributed by atoms with Crippen LogP contribution in [0, 0.1) is 0 Å². The van der Waals surface area contributed by atoms with Crippen LogP contribution >= 0.6 is 0 Å². The fourth-order valence-corrected chi connectivity index (χ4v) is 2.29. The van der Waals surface area contributed by atoms with E-state index in [1.54, 1.807) is 0 Å². The second kappa shape index (κ2) is 4.57. The van der Waals surface area contributed by atoms with Crippen molar-refractivity contribution in [2.75, 3.05) is 12.0 Å². The van der Waals surface area contributed by atoms with Crippen LogP contribution in [-0.4, -0.2) is 25.0 Å². The van der Waals surface area contributed by atoms with Crippen LogP contribution in [0.1, 0.15) is 18.9 Å². The van der Waals surface area contributed by atoms with Crippen molar-refractivity contribution in [3.8, 4) is 0 Å². The van der Waals surface area contributed by atoms with E-state index in [0.717, 1.165) is 17.7 Å². The topological polar surface area (TPSA) is 46.6 Å². The highest BCUT2D eigenvalue weighted by Crippen LogP contribution is 2.30. The van der Waals surface area contributed by atoms with E-state index < -0.39 is 6.04 Å². The minimum atomic E-state index is -0.493. The second-order valence-corrected chi connectivity index (χ2v) is 4.10. The number of benzene rings is 1. The van der Waals surface area contributed by atoms with Gasteiger partial charge in [0, 0.05) is 12.6 Å². The summed E-state index contributed by atoms with van der Waals surface area (Å²) in [5.41, 5.74) is 1.92. The van der Waals surface area contributed by atoms with Crippen LogP contribution in [0.4, 0.5) is 5.69 Å². The largest absolute Gasteiger partial charge is 0.467 e. The van der Waals surface area contributed by atoms with Gasteiger partial charge in [-0.25, -0.2) is 4.79 Å². The molecule has 0 aliphatic carbocycles. The number of methoxy groups -OCH3 is 1. The number of aryl methyl sites for hydroxylation is 1. The third-order valence-electron chi connectivity index (χ3n) is 3.06. The quantitative estimate of drug-likeness (QED) is 0.691. The summed E-state index contributed by atoms with van der Waals surface area (Å²) in [5, 5.41) is 0. The van der Waals surface area contributed by atoms with Gasteiger partial charge in [-0.1, -0.05) is 18.2 Å². The maximum atomic E-state index is 11.7. The van der Waals surface area contributed by atoms with Gasteiger partial charge in [-0.2, -0.15) is 0 Å². The zero-order valence-electron chi connectivity index (χ0n) is 9.97. The number of esters is 1. The molecule has 0 aromatic heterocycles. The second-order valence-electron chi connectivity index (χ2n) is 4.10. The molecule has 0 spiro atoms. The van der Waals surface area contributed by atoms with Gasteiger partial charge in [-0.3, -0.25) is 9.69 Å². The number of rotatable bonds is 1. The Morgan fingerprint density at radius 1 is 1.35 bits per heavy atom. The van der Waals surface area contributed by atoms with Gasteiger partial charge in [-0.05, 0) is 24.5 Å². The van der Waals surface area contributed by atoms with Crippen molar-refractivity contribution >= 4 is 17.6 Å². The predicted molar refractivity (Wildman–Crippen MR) is 63.7 cm³/mol. The zero-order valence-corrected chi connectivity index (χ0v) is 9.97. The first-order valence-corrected chi connectivity index (χ1v) is 5.60. The van der Waals surface area contributed by atoms with Gasteiger partial charge >= 0.3 is 5.97 Å². The standard InChI is InChI=1S/C13H15NO3/c1-9(15)14-11-6-4-3-5-10(11)7-8-12(14)13(16)17-2/h3-6,12H,7-8H2,1-2H3. The first-order valence-electron chi connectivity index (χ1n) is 5.60. The van der Waals surface area contributed by atoms with Crippen LogP contribution in [-0.2, 0) is 20.7 Å². The highest BCUT2D eigenvalue weighted by Gasteiger charge is 2.34. The SMILES string of the molecule is COC(=O)C1CCc2ccccc2N1C(C)=O. The lowest BCUT2D eigenvalue weighted by Gasteiger charge is -2.34. The molecule has 2 rings (SSSR count). The Labute approximate surface area is 100 Å². The number of para-hydroxylation sites is 1. The summed E-state index contributed by atoms with van der Waals surface area (Å²) in [7, 11) is 1.35. The monoisotopic (exact) mass is 233 g/mol. The average molecular weight is 233 g/mol. The molecular weight excluding hydrogens is 218 g/mol.